The lowest BCUT2D eigenvalue weighted by Crippen LogP contribution is -2.52. The van der Waals surface area contributed by atoms with Gasteiger partial charge in [0.2, 0.25) is 21.8 Å². The lowest BCUT2D eigenvalue weighted by atomic mass is 10.1. The van der Waals surface area contributed by atoms with Gasteiger partial charge in [-0.05, 0) is 69.2 Å². The molecule has 11 heteroatoms. The molecule has 0 radical (unpaired) electrons. The zero-order valence-electron chi connectivity index (χ0n) is 21.1. The lowest BCUT2D eigenvalue weighted by molar-refractivity contribution is -0.139. The molecule has 198 valence electrons. The first-order chi connectivity index (χ1) is 16.9. The average molecular weight is 559 g/mol. The van der Waals surface area contributed by atoms with Gasteiger partial charge in [-0.3, -0.25) is 13.9 Å². The fourth-order valence-electron chi connectivity index (χ4n) is 3.37. The smallest absolute Gasteiger partial charge is 0.244 e. The number of carbonyl (C=O) groups is 2. The van der Waals surface area contributed by atoms with Gasteiger partial charge in [-0.15, -0.1) is 0 Å². The molecule has 0 saturated heterocycles. The molecule has 2 aromatic rings. The second kappa shape index (κ2) is 13.2. The largest absolute Gasteiger partial charge is 0.494 e. The number of amides is 2. The van der Waals surface area contributed by atoms with Crippen LogP contribution in [-0.4, -0.2) is 56.6 Å². The number of rotatable bonds is 12. The third kappa shape index (κ3) is 8.28. The fourth-order valence-corrected chi connectivity index (χ4v) is 4.54. The summed E-state index contributed by atoms with van der Waals surface area (Å²) < 4.78 is 31.7. The third-order valence-electron chi connectivity index (χ3n) is 5.62. The Bertz CT molecular complexity index is 1160. The van der Waals surface area contributed by atoms with Crippen molar-refractivity contribution < 1.29 is 22.7 Å². The maximum absolute atomic E-state index is 13.6. The normalized spacial score (nSPS) is 13.0. The summed E-state index contributed by atoms with van der Waals surface area (Å²) in [6.07, 6.45) is 1.75. The predicted octanol–water partition coefficient (Wildman–Crippen LogP) is 4.49. The van der Waals surface area contributed by atoms with Gasteiger partial charge in [-0.1, -0.05) is 36.2 Å². The van der Waals surface area contributed by atoms with Crippen molar-refractivity contribution in [3.63, 3.8) is 0 Å². The monoisotopic (exact) mass is 557 g/mol. The minimum atomic E-state index is -3.82. The molecule has 2 amide bonds. The molecule has 36 heavy (non-hydrogen) atoms. The van der Waals surface area contributed by atoms with Crippen molar-refractivity contribution in [1.29, 1.82) is 0 Å². The Balaban J connectivity index is 2.39. The van der Waals surface area contributed by atoms with E-state index in [1.807, 2.05) is 20.8 Å². The van der Waals surface area contributed by atoms with E-state index in [9.17, 15) is 18.0 Å². The number of nitrogens with one attached hydrogen (secondary N) is 1. The molecule has 8 nitrogen and oxygen atoms in total. The molecule has 0 saturated carbocycles. The van der Waals surface area contributed by atoms with E-state index in [-0.39, 0.29) is 18.5 Å². The Morgan fingerprint density at radius 3 is 2.19 bits per heavy atom. The van der Waals surface area contributed by atoms with Gasteiger partial charge in [0.1, 0.15) is 18.3 Å². The van der Waals surface area contributed by atoms with Crippen LogP contribution < -0.4 is 14.4 Å². The highest BCUT2D eigenvalue weighted by molar-refractivity contribution is 7.92. The minimum absolute atomic E-state index is 0.0334. The molecule has 0 aromatic heterocycles. The highest BCUT2D eigenvalue weighted by Crippen LogP contribution is 2.25. The summed E-state index contributed by atoms with van der Waals surface area (Å²) in [5.41, 5.74) is 0.952. The fraction of sp³-hybridized carbons (Fsp3) is 0.440. The lowest BCUT2D eigenvalue weighted by Gasteiger charge is -2.32. The number of ether oxygens (including phenoxy) is 1. The minimum Gasteiger partial charge on any atom is -0.494 e. The maximum Gasteiger partial charge on any atom is 0.244 e. The van der Waals surface area contributed by atoms with E-state index in [4.69, 9.17) is 27.9 Å². The van der Waals surface area contributed by atoms with Crippen molar-refractivity contribution >= 4 is 50.7 Å². The topological polar surface area (TPSA) is 96.0 Å². The molecule has 0 fully saturated rings. The van der Waals surface area contributed by atoms with E-state index >= 15 is 0 Å². The summed E-state index contributed by atoms with van der Waals surface area (Å²) in [7, 11) is -3.82. The van der Waals surface area contributed by atoms with Gasteiger partial charge in [0.15, 0.2) is 0 Å². The molecule has 0 aliphatic rings. The summed E-state index contributed by atoms with van der Waals surface area (Å²) in [6.45, 7) is 7.27. The van der Waals surface area contributed by atoms with Gasteiger partial charge in [0.25, 0.3) is 0 Å². The molecule has 0 unspecified atom stereocenters. The number of carbonyl (C=O) groups excluding carboxylic acids is 2. The number of benzene rings is 2. The number of hydrogen-bond acceptors (Lipinski definition) is 5. The first-order valence-corrected chi connectivity index (χ1v) is 14.2. The van der Waals surface area contributed by atoms with Crippen molar-refractivity contribution in [2.24, 2.45) is 0 Å². The predicted molar refractivity (Wildman–Crippen MR) is 144 cm³/mol. The SMILES string of the molecule is CCOc1ccc(N(CC(=O)N(Cc2ccc(Cl)c(Cl)c2)[C@@H](C)C(=O)N[C@H](C)CC)S(C)(=O)=O)cc1. The molecule has 0 bridgehead atoms. The quantitative estimate of drug-likeness (QED) is 0.414. The molecule has 2 aromatic carbocycles. The van der Waals surface area contributed by atoms with Crippen molar-refractivity contribution in [2.45, 2.75) is 52.7 Å². The van der Waals surface area contributed by atoms with Crippen molar-refractivity contribution in [1.82, 2.24) is 10.2 Å². The third-order valence-corrected chi connectivity index (χ3v) is 7.50. The van der Waals surface area contributed by atoms with E-state index in [2.05, 4.69) is 5.32 Å². The van der Waals surface area contributed by atoms with Crippen molar-refractivity contribution in [3.05, 3.63) is 58.1 Å². The van der Waals surface area contributed by atoms with Gasteiger partial charge in [-0.2, -0.15) is 0 Å². The average Bonchev–Trinajstić information content (AvgIpc) is 2.82. The molecule has 0 aliphatic heterocycles. The zero-order chi connectivity index (χ0) is 27.0. The number of sulfonamides is 1. The first kappa shape index (κ1) is 29.7. The van der Waals surface area contributed by atoms with Crippen LogP contribution in [0.25, 0.3) is 0 Å². The Labute approximate surface area is 223 Å². The molecule has 0 heterocycles. The number of anilines is 1. The molecule has 2 atom stereocenters. The second-order valence-corrected chi connectivity index (χ2v) is 11.2. The van der Waals surface area contributed by atoms with E-state index < -0.39 is 28.5 Å². The molecule has 1 N–H and O–H groups in total. The summed E-state index contributed by atoms with van der Waals surface area (Å²) in [5, 5.41) is 3.55. The second-order valence-electron chi connectivity index (χ2n) is 8.46. The summed E-state index contributed by atoms with van der Waals surface area (Å²) in [5.74, 6) is -0.311. The van der Waals surface area contributed by atoms with E-state index in [1.54, 1.807) is 49.4 Å². The highest BCUT2D eigenvalue weighted by Gasteiger charge is 2.30. The summed E-state index contributed by atoms with van der Waals surface area (Å²) in [6, 6.07) is 10.4. The van der Waals surface area contributed by atoms with Crippen molar-refractivity contribution in [3.8, 4) is 5.75 Å². The Kier molecular flexibility index (Phi) is 10.9. The molecular weight excluding hydrogens is 525 g/mol. The first-order valence-electron chi connectivity index (χ1n) is 11.6. The van der Waals surface area contributed by atoms with Gasteiger partial charge in [0.05, 0.1) is 28.6 Å². The van der Waals surface area contributed by atoms with Gasteiger partial charge in [-0.25, -0.2) is 8.42 Å². The van der Waals surface area contributed by atoms with Crippen LogP contribution in [0.3, 0.4) is 0 Å². The van der Waals surface area contributed by atoms with Crippen LogP contribution in [0, 0.1) is 0 Å². The number of nitrogens with zero attached hydrogens (tertiary/aromatic N) is 2. The number of halogens is 2. The van der Waals surface area contributed by atoms with E-state index in [0.29, 0.717) is 33.7 Å². The Morgan fingerprint density at radius 1 is 1.03 bits per heavy atom. The van der Waals surface area contributed by atoms with Crippen LogP contribution in [0.5, 0.6) is 5.75 Å². The maximum atomic E-state index is 13.6. The van der Waals surface area contributed by atoms with Crippen LogP contribution in [0.15, 0.2) is 42.5 Å². The van der Waals surface area contributed by atoms with Gasteiger partial charge < -0.3 is 15.0 Å². The van der Waals surface area contributed by atoms with Crippen LogP contribution in [0.2, 0.25) is 10.0 Å². The molecular formula is C25H33Cl2N3O5S. The Morgan fingerprint density at radius 2 is 1.67 bits per heavy atom. The van der Waals surface area contributed by atoms with E-state index in [0.717, 1.165) is 17.0 Å². The molecule has 0 spiro atoms. The summed E-state index contributed by atoms with van der Waals surface area (Å²) in [4.78, 5) is 27.8. The summed E-state index contributed by atoms with van der Waals surface area (Å²) >= 11 is 12.2. The van der Waals surface area contributed by atoms with Gasteiger partial charge >= 0.3 is 0 Å². The number of hydrogen-bond donors (Lipinski definition) is 1. The van der Waals surface area contributed by atoms with Gasteiger partial charge in [0, 0.05) is 12.6 Å². The highest BCUT2D eigenvalue weighted by atomic mass is 35.5. The van der Waals surface area contributed by atoms with Crippen LogP contribution in [0.1, 0.15) is 39.7 Å². The molecule has 0 aliphatic carbocycles. The van der Waals surface area contributed by atoms with Crippen LogP contribution in [-0.2, 0) is 26.2 Å². The molecule has 2 rings (SSSR count). The van der Waals surface area contributed by atoms with Crippen molar-refractivity contribution in [2.75, 3.05) is 23.7 Å². The zero-order valence-corrected chi connectivity index (χ0v) is 23.5. The van der Waals surface area contributed by atoms with Crippen LogP contribution >= 0.6 is 23.2 Å². The Hall–Kier alpha value is -2.49. The standard InChI is InChI=1S/C25H33Cl2N3O5S/c1-6-17(3)28-25(32)18(4)29(15-19-8-13-22(26)23(27)14-19)24(31)16-30(36(5,33)34)20-9-11-21(12-10-20)35-7-2/h8-14,17-18H,6-7,15-16H2,1-5H3,(H,28,32)/t17-,18+/m1/s1. The van der Waals surface area contributed by atoms with E-state index in [1.165, 1.54) is 4.90 Å². The van der Waals surface area contributed by atoms with Crippen LogP contribution in [0.4, 0.5) is 5.69 Å².